The van der Waals surface area contributed by atoms with Crippen molar-refractivity contribution in [2.45, 2.75) is 6.18 Å². The third-order valence-corrected chi connectivity index (χ3v) is 4.28. The Morgan fingerprint density at radius 3 is 2.35 bits per heavy atom. The summed E-state index contributed by atoms with van der Waals surface area (Å²) in [7, 11) is -1.03. The van der Waals surface area contributed by atoms with Gasteiger partial charge in [0.15, 0.2) is 0 Å². The first-order chi connectivity index (χ1) is 9.30. The van der Waals surface area contributed by atoms with Crippen molar-refractivity contribution in [1.29, 1.82) is 0 Å². The Morgan fingerprint density at radius 2 is 1.80 bits per heavy atom. The van der Waals surface area contributed by atoms with E-state index in [-0.39, 0.29) is 24.6 Å². The predicted octanol–water partition coefficient (Wildman–Crippen LogP) is 2.05. The summed E-state index contributed by atoms with van der Waals surface area (Å²) in [5.41, 5.74) is -2.06. The summed E-state index contributed by atoms with van der Waals surface area (Å²) in [6.45, 7) is 0.308. The van der Waals surface area contributed by atoms with Crippen molar-refractivity contribution in [2.24, 2.45) is 0 Å². The number of amides is 1. The fraction of sp³-hybridized carbons (Fsp3) is 0.417. The highest BCUT2D eigenvalue weighted by atomic mass is 32.2. The second-order valence-electron chi connectivity index (χ2n) is 4.31. The number of hydrogen-bond acceptors (Lipinski definition) is 2. The maximum absolute atomic E-state index is 13.8. The number of nitrogens with zero attached hydrogens (tertiary/aromatic N) is 1. The Morgan fingerprint density at radius 1 is 1.20 bits per heavy atom. The molecule has 0 N–H and O–H groups in total. The van der Waals surface area contributed by atoms with E-state index in [4.69, 9.17) is 0 Å². The summed E-state index contributed by atoms with van der Waals surface area (Å²) in [6.07, 6.45) is -4.84. The van der Waals surface area contributed by atoms with Crippen LogP contribution in [0.1, 0.15) is 15.9 Å². The molecule has 1 amide bonds. The molecular formula is C12H11F4NO2S. The summed E-state index contributed by atoms with van der Waals surface area (Å²) in [5.74, 6) is -1.85. The smallest absolute Gasteiger partial charge is 0.337 e. The molecule has 8 heteroatoms. The molecule has 0 aliphatic carbocycles. The fourth-order valence-electron chi connectivity index (χ4n) is 1.93. The summed E-state index contributed by atoms with van der Waals surface area (Å²) < 4.78 is 62.7. The number of carbonyl (C=O) groups is 1. The monoisotopic (exact) mass is 309 g/mol. The van der Waals surface area contributed by atoms with E-state index in [1.165, 1.54) is 4.90 Å². The van der Waals surface area contributed by atoms with Gasteiger partial charge in [0.25, 0.3) is 5.91 Å². The molecule has 1 aliphatic heterocycles. The van der Waals surface area contributed by atoms with Gasteiger partial charge >= 0.3 is 6.18 Å². The van der Waals surface area contributed by atoms with Crippen LogP contribution in [0.2, 0.25) is 0 Å². The van der Waals surface area contributed by atoms with Crippen LogP contribution in [0.15, 0.2) is 18.2 Å². The lowest BCUT2D eigenvalue weighted by molar-refractivity contribution is -0.140. The first kappa shape index (κ1) is 15.0. The number of alkyl halides is 3. The third kappa shape index (κ3) is 3.00. The van der Waals surface area contributed by atoms with E-state index >= 15 is 0 Å². The molecule has 1 aromatic carbocycles. The Balaban J connectivity index is 2.29. The first-order valence-corrected chi connectivity index (χ1v) is 7.29. The standard InChI is InChI=1S/C12H11F4NO2S/c13-10-8(2-1-3-9(10)12(14,15)16)11(18)17-4-6-20(19)7-5-17/h1-3H,4-7H2. The van der Waals surface area contributed by atoms with Crippen molar-refractivity contribution in [1.82, 2.24) is 4.90 Å². The lowest BCUT2D eigenvalue weighted by atomic mass is 10.1. The van der Waals surface area contributed by atoms with Crippen molar-refractivity contribution in [3.05, 3.63) is 35.1 Å². The van der Waals surface area contributed by atoms with E-state index in [0.29, 0.717) is 6.07 Å². The molecule has 0 aromatic heterocycles. The predicted molar refractivity (Wildman–Crippen MR) is 65.2 cm³/mol. The average Bonchev–Trinajstić information content (AvgIpc) is 2.37. The zero-order chi connectivity index (χ0) is 14.9. The van der Waals surface area contributed by atoms with Gasteiger partial charge < -0.3 is 4.90 Å². The zero-order valence-electron chi connectivity index (χ0n) is 10.2. The van der Waals surface area contributed by atoms with Gasteiger partial charge in [-0.2, -0.15) is 13.2 Å². The largest absolute Gasteiger partial charge is 0.419 e. The Hall–Kier alpha value is -1.44. The minimum atomic E-state index is -4.84. The van der Waals surface area contributed by atoms with Crippen LogP contribution in [0, 0.1) is 5.82 Å². The van der Waals surface area contributed by atoms with Crippen molar-refractivity contribution in [3.8, 4) is 0 Å². The van der Waals surface area contributed by atoms with Gasteiger partial charge in [0.05, 0.1) is 11.1 Å². The van der Waals surface area contributed by atoms with E-state index in [9.17, 15) is 26.6 Å². The van der Waals surface area contributed by atoms with E-state index in [0.717, 1.165) is 12.1 Å². The van der Waals surface area contributed by atoms with Crippen molar-refractivity contribution in [2.75, 3.05) is 24.6 Å². The van der Waals surface area contributed by atoms with Gasteiger partial charge in [0.2, 0.25) is 0 Å². The minimum absolute atomic E-state index is 0.154. The summed E-state index contributed by atoms with van der Waals surface area (Å²) >= 11 is 0. The second-order valence-corrected chi connectivity index (χ2v) is 6.00. The van der Waals surface area contributed by atoms with Gasteiger partial charge in [-0.15, -0.1) is 0 Å². The molecule has 1 aliphatic rings. The average molecular weight is 309 g/mol. The van der Waals surface area contributed by atoms with Crippen LogP contribution in [-0.4, -0.2) is 39.6 Å². The molecule has 1 saturated heterocycles. The topological polar surface area (TPSA) is 37.4 Å². The van der Waals surface area contributed by atoms with Gasteiger partial charge in [0.1, 0.15) is 5.82 Å². The highest BCUT2D eigenvalue weighted by molar-refractivity contribution is 7.85. The highest BCUT2D eigenvalue weighted by Gasteiger charge is 2.36. The van der Waals surface area contributed by atoms with Gasteiger partial charge in [-0.1, -0.05) is 6.07 Å². The summed E-state index contributed by atoms with van der Waals surface area (Å²) in [5, 5.41) is 0. The lowest BCUT2D eigenvalue weighted by Gasteiger charge is -2.26. The van der Waals surface area contributed by atoms with Crippen LogP contribution in [0.5, 0.6) is 0 Å². The Labute approximate surface area is 115 Å². The maximum atomic E-state index is 13.8. The van der Waals surface area contributed by atoms with Crippen molar-refractivity contribution < 1.29 is 26.6 Å². The van der Waals surface area contributed by atoms with E-state index < -0.39 is 39.8 Å². The van der Waals surface area contributed by atoms with E-state index in [1.54, 1.807) is 0 Å². The fourth-order valence-corrected chi connectivity index (χ4v) is 2.98. The molecule has 0 spiro atoms. The number of benzene rings is 1. The molecule has 0 bridgehead atoms. The van der Waals surface area contributed by atoms with Gasteiger partial charge in [-0.05, 0) is 12.1 Å². The van der Waals surface area contributed by atoms with Crippen LogP contribution in [0.25, 0.3) is 0 Å². The van der Waals surface area contributed by atoms with Crippen molar-refractivity contribution >= 4 is 16.7 Å². The third-order valence-electron chi connectivity index (χ3n) is 3.00. The summed E-state index contributed by atoms with van der Waals surface area (Å²) in [6, 6.07) is 2.62. The van der Waals surface area contributed by atoms with Crippen molar-refractivity contribution in [3.63, 3.8) is 0 Å². The van der Waals surface area contributed by atoms with E-state index in [2.05, 4.69) is 0 Å². The first-order valence-electron chi connectivity index (χ1n) is 5.80. The molecule has 0 saturated carbocycles. The van der Waals surface area contributed by atoms with Gasteiger partial charge in [-0.3, -0.25) is 9.00 Å². The van der Waals surface area contributed by atoms with Crippen LogP contribution in [0.3, 0.4) is 0 Å². The Kier molecular flexibility index (Phi) is 4.12. The van der Waals surface area contributed by atoms with Crippen LogP contribution in [-0.2, 0) is 17.0 Å². The molecule has 1 heterocycles. The van der Waals surface area contributed by atoms with Crippen LogP contribution >= 0.6 is 0 Å². The highest BCUT2D eigenvalue weighted by Crippen LogP contribution is 2.32. The normalized spacial score (nSPS) is 17.3. The molecular weight excluding hydrogens is 298 g/mol. The van der Waals surface area contributed by atoms with E-state index in [1.807, 2.05) is 0 Å². The van der Waals surface area contributed by atoms with Crippen LogP contribution in [0.4, 0.5) is 17.6 Å². The number of rotatable bonds is 1. The number of halogens is 4. The Bertz CT molecular complexity index is 549. The number of carbonyl (C=O) groups excluding carboxylic acids is 1. The molecule has 1 aromatic rings. The molecule has 0 atom stereocenters. The molecule has 3 nitrogen and oxygen atoms in total. The number of hydrogen-bond donors (Lipinski definition) is 0. The maximum Gasteiger partial charge on any atom is 0.419 e. The lowest BCUT2D eigenvalue weighted by Crippen LogP contribution is -2.42. The van der Waals surface area contributed by atoms with Gasteiger partial charge in [-0.25, -0.2) is 4.39 Å². The van der Waals surface area contributed by atoms with Gasteiger partial charge in [0, 0.05) is 35.4 Å². The van der Waals surface area contributed by atoms with Crippen LogP contribution < -0.4 is 0 Å². The zero-order valence-corrected chi connectivity index (χ0v) is 11.1. The molecule has 0 unspecified atom stereocenters. The molecule has 1 fully saturated rings. The molecule has 20 heavy (non-hydrogen) atoms. The second kappa shape index (κ2) is 5.51. The molecule has 2 rings (SSSR count). The SMILES string of the molecule is O=C(c1cccc(C(F)(F)F)c1F)N1CCS(=O)CC1. The quantitative estimate of drug-likeness (QED) is 0.745. The minimum Gasteiger partial charge on any atom is -0.337 e. The molecule has 110 valence electrons. The molecule has 0 radical (unpaired) electrons. The summed E-state index contributed by atoms with van der Waals surface area (Å²) in [4.78, 5) is 13.2.